The van der Waals surface area contributed by atoms with Gasteiger partial charge in [0.25, 0.3) is 0 Å². The quantitative estimate of drug-likeness (QED) is 0.581. The zero-order valence-corrected chi connectivity index (χ0v) is 11.6. The number of hydrogen-bond acceptors (Lipinski definition) is 4. The maximum Gasteiger partial charge on any atom is 0.153 e. The van der Waals surface area contributed by atoms with Gasteiger partial charge in [0.15, 0.2) is 9.84 Å². The molecule has 0 bridgehead atoms. The topological polar surface area (TPSA) is 69.4 Å². The molecule has 0 aliphatic heterocycles. The molecule has 0 saturated heterocycles. The molecular weight excluding hydrogens is 250 g/mol. The lowest BCUT2D eigenvalue weighted by atomic mass is 10.3. The van der Waals surface area contributed by atoms with Gasteiger partial charge in [-0.3, -0.25) is 0 Å². The van der Waals surface area contributed by atoms with E-state index in [2.05, 4.69) is 0 Å². The normalized spacial score (nSPS) is 11.4. The van der Waals surface area contributed by atoms with Crippen molar-refractivity contribution < 1.29 is 13.2 Å². The van der Waals surface area contributed by atoms with E-state index in [1.807, 2.05) is 13.0 Å². The summed E-state index contributed by atoms with van der Waals surface area (Å²) in [6, 6.07) is 7.08. The van der Waals surface area contributed by atoms with Gasteiger partial charge in [0, 0.05) is 0 Å². The predicted molar refractivity (Wildman–Crippen MR) is 74.5 cm³/mol. The molecule has 0 saturated carbocycles. The number of rotatable bonds is 8. The highest BCUT2D eigenvalue weighted by molar-refractivity contribution is 7.91. The molecule has 0 heterocycles. The molecule has 1 rings (SSSR count). The number of ether oxygens (including phenoxy) is 1. The lowest BCUT2D eigenvalue weighted by Gasteiger charge is -2.08. The Bertz CT molecular complexity index is 457. The number of para-hydroxylation sites is 2. The Kier molecular flexibility index (Phi) is 5.98. The molecule has 0 radical (unpaired) electrons. The molecule has 0 fully saturated rings. The largest absolute Gasteiger partial charge is 0.490 e. The molecule has 0 aliphatic rings. The number of sulfone groups is 1. The summed E-state index contributed by atoms with van der Waals surface area (Å²) in [4.78, 5) is 0. The van der Waals surface area contributed by atoms with Gasteiger partial charge >= 0.3 is 0 Å². The van der Waals surface area contributed by atoms with E-state index in [0.29, 0.717) is 11.4 Å². The van der Waals surface area contributed by atoms with Crippen LogP contribution >= 0.6 is 0 Å². The number of anilines is 1. The van der Waals surface area contributed by atoms with Crippen LogP contribution in [0.2, 0.25) is 0 Å². The Labute approximate surface area is 109 Å². The fourth-order valence-electron chi connectivity index (χ4n) is 1.56. The minimum atomic E-state index is -3.00. The van der Waals surface area contributed by atoms with E-state index in [4.69, 9.17) is 10.5 Å². The van der Waals surface area contributed by atoms with E-state index in [9.17, 15) is 8.42 Å². The van der Waals surface area contributed by atoms with Gasteiger partial charge in [0.2, 0.25) is 0 Å². The average Bonchev–Trinajstić information content (AvgIpc) is 2.32. The van der Waals surface area contributed by atoms with E-state index in [-0.39, 0.29) is 18.1 Å². The highest BCUT2D eigenvalue weighted by Gasteiger charge is 2.10. The molecule has 4 nitrogen and oxygen atoms in total. The first-order valence-electron chi connectivity index (χ1n) is 6.23. The Morgan fingerprint density at radius 3 is 2.56 bits per heavy atom. The highest BCUT2D eigenvalue weighted by Crippen LogP contribution is 2.19. The first kappa shape index (κ1) is 14.8. The zero-order valence-electron chi connectivity index (χ0n) is 10.8. The maximum atomic E-state index is 11.7. The van der Waals surface area contributed by atoms with Gasteiger partial charge in [0.05, 0.1) is 17.2 Å². The molecule has 102 valence electrons. The van der Waals surface area contributed by atoms with Crippen molar-refractivity contribution in [3.63, 3.8) is 0 Å². The van der Waals surface area contributed by atoms with Crippen LogP contribution in [-0.2, 0) is 9.84 Å². The van der Waals surface area contributed by atoms with Crippen molar-refractivity contribution in [3.8, 4) is 5.75 Å². The minimum absolute atomic E-state index is 0.0467. The average molecular weight is 271 g/mol. The summed E-state index contributed by atoms with van der Waals surface area (Å²) in [5.74, 6) is 0.834. The Balaban J connectivity index is 2.35. The fourth-order valence-corrected chi connectivity index (χ4v) is 2.75. The smallest absolute Gasteiger partial charge is 0.153 e. The second kappa shape index (κ2) is 7.26. The van der Waals surface area contributed by atoms with Crippen LogP contribution in [0.4, 0.5) is 5.69 Å². The van der Waals surface area contributed by atoms with Gasteiger partial charge in [-0.25, -0.2) is 8.42 Å². The van der Waals surface area contributed by atoms with Crippen molar-refractivity contribution in [2.24, 2.45) is 0 Å². The molecule has 0 aliphatic carbocycles. The van der Waals surface area contributed by atoms with Gasteiger partial charge in [-0.2, -0.15) is 0 Å². The van der Waals surface area contributed by atoms with Crippen LogP contribution < -0.4 is 10.5 Å². The molecule has 0 amide bonds. The standard InChI is InChI=1S/C13H21NO3S/c1-2-3-6-10-18(15,16)11-9-17-13-8-5-4-7-12(13)14/h4-5,7-8H,2-3,6,9-11,14H2,1H3. The van der Waals surface area contributed by atoms with Gasteiger partial charge in [-0.15, -0.1) is 0 Å². The number of benzene rings is 1. The molecule has 0 spiro atoms. The molecule has 18 heavy (non-hydrogen) atoms. The third-order valence-electron chi connectivity index (χ3n) is 2.63. The summed E-state index contributed by atoms with van der Waals surface area (Å²) in [7, 11) is -3.00. The predicted octanol–water partition coefficient (Wildman–Crippen LogP) is 2.25. The monoisotopic (exact) mass is 271 g/mol. The Morgan fingerprint density at radius 1 is 1.17 bits per heavy atom. The Hall–Kier alpha value is -1.23. The van der Waals surface area contributed by atoms with Crippen molar-refractivity contribution in [1.29, 1.82) is 0 Å². The minimum Gasteiger partial charge on any atom is -0.490 e. The van der Waals surface area contributed by atoms with Crippen LogP contribution in [0.25, 0.3) is 0 Å². The molecule has 1 aromatic carbocycles. The zero-order chi connectivity index (χ0) is 13.4. The third kappa shape index (κ3) is 5.40. The first-order chi connectivity index (χ1) is 8.55. The van der Waals surface area contributed by atoms with Crippen LogP contribution in [-0.4, -0.2) is 26.5 Å². The molecular formula is C13H21NO3S. The number of unbranched alkanes of at least 4 members (excludes halogenated alkanes) is 2. The molecule has 0 atom stereocenters. The van der Waals surface area contributed by atoms with E-state index in [1.165, 1.54) is 0 Å². The lowest BCUT2D eigenvalue weighted by Crippen LogP contribution is -2.17. The van der Waals surface area contributed by atoms with E-state index >= 15 is 0 Å². The molecule has 0 unspecified atom stereocenters. The van der Waals surface area contributed by atoms with Crippen LogP contribution in [0.3, 0.4) is 0 Å². The van der Waals surface area contributed by atoms with Crippen LogP contribution in [0.1, 0.15) is 26.2 Å². The van der Waals surface area contributed by atoms with Crippen molar-refractivity contribution >= 4 is 15.5 Å². The third-order valence-corrected chi connectivity index (χ3v) is 4.33. The van der Waals surface area contributed by atoms with Crippen molar-refractivity contribution in [1.82, 2.24) is 0 Å². The van der Waals surface area contributed by atoms with E-state index in [1.54, 1.807) is 18.2 Å². The number of hydrogen-bond donors (Lipinski definition) is 1. The summed E-state index contributed by atoms with van der Waals surface area (Å²) in [5.41, 5.74) is 6.22. The van der Waals surface area contributed by atoms with Gasteiger partial charge in [-0.1, -0.05) is 31.9 Å². The second-order valence-corrected chi connectivity index (χ2v) is 6.55. The van der Waals surface area contributed by atoms with Crippen molar-refractivity contribution in [2.45, 2.75) is 26.2 Å². The summed E-state index contributed by atoms with van der Waals surface area (Å²) in [6.45, 7) is 2.20. The van der Waals surface area contributed by atoms with Crippen molar-refractivity contribution in [3.05, 3.63) is 24.3 Å². The van der Waals surface area contributed by atoms with E-state index in [0.717, 1.165) is 19.3 Å². The van der Waals surface area contributed by atoms with Crippen LogP contribution in [0.5, 0.6) is 5.75 Å². The number of nitrogen functional groups attached to an aromatic ring is 1. The van der Waals surface area contributed by atoms with Crippen molar-refractivity contribution in [2.75, 3.05) is 23.8 Å². The van der Waals surface area contributed by atoms with Gasteiger partial charge in [-0.05, 0) is 18.6 Å². The van der Waals surface area contributed by atoms with Gasteiger partial charge < -0.3 is 10.5 Å². The first-order valence-corrected chi connectivity index (χ1v) is 8.05. The molecule has 2 N–H and O–H groups in total. The molecule has 5 heteroatoms. The SMILES string of the molecule is CCCCCS(=O)(=O)CCOc1ccccc1N. The summed E-state index contributed by atoms with van der Waals surface area (Å²) in [5, 5.41) is 0. The summed E-state index contributed by atoms with van der Waals surface area (Å²) >= 11 is 0. The lowest BCUT2D eigenvalue weighted by molar-refractivity contribution is 0.342. The van der Waals surface area contributed by atoms with Crippen LogP contribution in [0, 0.1) is 0 Å². The molecule has 1 aromatic rings. The van der Waals surface area contributed by atoms with Crippen LogP contribution in [0.15, 0.2) is 24.3 Å². The fraction of sp³-hybridized carbons (Fsp3) is 0.538. The Morgan fingerprint density at radius 2 is 1.89 bits per heavy atom. The second-order valence-electron chi connectivity index (χ2n) is 4.25. The van der Waals surface area contributed by atoms with Gasteiger partial charge in [0.1, 0.15) is 12.4 Å². The van der Waals surface area contributed by atoms with E-state index < -0.39 is 9.84 Å². The highest BCUT2D eigenvalue weighted by atomic mass is 32.2. The molecule has 0 aromatic heterocycles. The summed E-state index contributed by atoms with van der Waals surface area (Å²) < 4.78 is 28.7. The summed E-state index contributed by atoms with van der Waals surface area (Å²) in [6.07, 6.45) is 2.70. The maximum absolute atomic E-state index is 11.7. The number of nitrogens with two attached hydrogens (primary N) is 1.